The third-order valence-electron chi connectivity index (χ3n) is 3.35. The van der Waals surface area contributed by atoms with Gasteiger partial charge in [0, 0.05) is 37.4 Å². The molecule has 1 saturated heterocycles. The lowest BCUT2D eigenvalue weighted by molar-refractivity contribution is 0.199. The van der Waals surface area contributed by atoms with Crippen LogP contribution in [0.5, 0.6) is 0 Å². The van der Waals surface area contributed by atoms with Gasteiger partial charge in [0.15, 0.2) is 0 Å². The molecule has 0 aromatic carbocycles. The molecule has 1 aromatic heterocycles. The molecule has 17 heavy (non-hydrogen) atoms. The summed E-state index contributed by atoms with van der Waals surface area (Å²) in [6.07, 6.45) is 0. The van der Waals surface area contributed by atoms with Gasteiger partial charge in [-0.25, -0.2) is 4.98 Å². The zero-order valence-electron chi connectivity index (χ0n) is 10.8. The zero-order valence-corrected chi connectivity index (χ0v) is 10.8. The van der Waals surface area contributed by atoms with Crippen LogP contribution in [0.4, 0.5) is 11.8 Å². The maximum Gasteiger partial charge on any atom is 0.222 e. The Morgan fingerprint density at radius 2 is 2.18 bits per heavy atom. The number of anilines is 2. The summed E-state index contributed by atoms with van der Waals surface area (Å²) >= 11 is 0. The smallest absolute Gasteiger partial charge is 0.222 e. The first-order valence-corrected chi connectivity index (χ1v) is 6.20. The number of piperazine rings is 1. The minimum atomic E-state index is 0.366. The van der Waals surface area contributed by atoms with E-state index in [4.69, 9.17) is 5.73 Å². The van der Waals surface area contributed by atoms with E-state index >= 15 is 0 Å². The van der Waals surface area contributed by atoms with E-state index in [0.29, 0.717) is 12.0 Å². The molecule has 0 aliphatic carbocycles. The van der Waals surface area contributed by atoms with Crippen molar-refractivity contribution < 1.29 is 0 Å². The summed E-state index contributed by atoms with van der Waals surface area (Å²) in [6.45, 7) is 10.6. The molecule has 1 aliphatic rings. The fraction of sp³-hybridized carbons (Fsp3) is 0.667. The van der Waals surface area contributed by atoms with Crippen molar-refractivity contribution in [2.45, 2.75) is 26.8 Å². The summed E-state index contributed by atoms with van der Waals surface area (Å²) in [4.78, 5) is 13.2. The predicted octanol–water partition coefficient (Wildman–Crippen LogP) is 0.898. The Bertz CT molecular complexity index is 372. The second-order valence-corrected chi connectivity index (χ2v) is 4.65. The molecule has 1 atom stereocenters. The summed E-state index contributed by atoms with van der Waals surface area (Å²) < 4.78 is 0. The van der Waals surface area contributed by atoms with E-state index < -0.39 is 0 Å². The van der Waals surface area contributed by atoms with Crippen molar-refractivity contribution in [3.05, 3.63) is 11.8 Å². The van der Waals surface area contributed by atoms with Crippen LogP contribution in [0.15, 0.2) is 6.07 Å². The molecule has 1 unspecified atom stereocenters. The molecular formula is C12H21N5. The quantitative estimate of drug-likeness (QED) is 0.825. The molecule has 2 heterocycles. The largest absolute Gasteiger partial charge is 0.368 e. The second kappa shape index (κ2) is 4.87. The first-order chi connectivity index (χ1) is 8.10. The van der Waals surface area contributed by atoms with Crippen molar-refractivity contribution in [2.24, 2.45) is 0 Å². The highest BCUT2D eigenvalue weighted by Crippen LogP contribution is 2.18. The highest BCUT2D eigenvalue weighted by molar-refractivity contribution is 5.44. The van der Waals surface area contributed by atoms with Crippen LogP contribution in [0.2, 0.25) is 0 Å². The van der Waals surface area contributed by atoms with Crippen LogP contribution < -0.4 is 10.6 Å². The Morgan fingerprint density at radius 3 is 2.76 bits per heavy atom. The number of likely N-dealkylation sites (N-methyl/N-ethyl adjacent to an activating group) is 1. The van der Waals surface area contributed by atoms with E-state index in [2.05, 4.69) is 33.6 Å². The van der Waals surface area contributed by atoms with Crippen LogP contribution in [0.25, 0.3) is 0 Å². The summed E-state index contributed by atoms with van der Waals surface area (Å²) in [5.41, 5.74) is 6.62. The van der Waals surface area contributed by atoms with Crippen LogP contribution in [-0.4, -0.2) is 47.1 Å². The van der Waals surface area contributed by atoms with Gasteiger partial charge in [-0.3, -0.25) is 4.90 Å². The number of nitrogens with two attached hydrogens (primary N) is 1. The summed E-state index contributed by atoms with van der Waals surface area (Å²) in [7, 11) is 0. The molecule has 0 bridgehead atoms. The summed E-state index contributed by atoms with van der Waals surface area (Å²) in [5.74, 6) is 1.32. The Balaban J connectivity index is 2.13. The van der Waals surface area contributed by atoms with Crippen molar-refractivity contribution in [3.63, 3.8) is 0 Å². The highest BCUT2D eigenvalue weighted by Gasteiger charge is 2.23. The van der Waals surface area contributed by atoms with Crippen LogP contribution in [0.1, 0.15) is 19.5 Å². The lowest BCUT2D eigenvalue weighted by atomic mass is 10.2. The van der Waals surface area contributed by atoms with Gasteiger partial charge < -0.3 is 10.6 Å². The molecule has 1 aromatic rings. The maximum absolute atomic E-state index is 5.69. The van der Waals surface area contributed by atoms with Crippen LogP contribution in [0, 0.1) is 6.92 Å². The third-order valence-corrected chi connectivity index (χ3v) is 3.35. The molecule has 94 valence electrons. The minimum Gasteiger partial charge on any atom is -0.368 e. The number of nitrogens with zero attached hydrogens (tertiary/aromatic N) is 4. The molecule has 1 aliphatic heterocycles. The molecule has 1 fully saturated rings. The van der Waals surface area contributed by atoms with E-state index in [1.165, 1.54) is 0 Å². The third kappa shape index (κ3) is 2.66. The average Bonchev–Trinajstić information content (AvgIpc) is 2.27. The van der Waals surface area contributed by atoms with Crippen molar-refractivity contribution in [1.82, 2.24) is 14.9 Å². The van der Waals surface area contributed by atoms with Crippen molar-refractivity contribution in [3.8, 4) is 0 Å². The minimum absolute atomic E-state index is 0.366. The first kappa shape index (κ1) is 12.1. The lowest BCUT2D eigenvalue weighted by Crippen LogP contribution is -2.52. The van der Waals surface area contributed by atoms with Crippen molar-refractivity contribution in [2.75, 3.05) is 36.8 Å². The summed E-state index contributed by atoms with van der Waals surface area (Å²) in [5, 5.41) is 0. The lowest BCUT2D eigenvalue weighted by Gasteiger charge is -2.39. The van der Waals surface area contributed by atoms with Gasteiger partial charge in [-0.1, -0.05) is 6.92 Å². The molecule has 5 nitrogen and oxygen atoms in total. The number of rotatable bonds is 2. The Morgan fingerprint density at radius 1 is 1.41 bits per heavy atom. The van der Waals surface area contributed by atoms with Gasteiger partial charge in [-0.15, -0.1) is 0 Å². The molecule has 2 N–H and O–H groups in total. The van der Waals surface area contributed by atoms with Crippen LogP contribution >= 0.6 is 0 Å². The van der Waals surface area contributed by atoms with Gasteiger partial charge in [0.25, 0.3) is 0 Å². The molecule has 0 saturated carbocycles. The number of hydrogen-bond donors (Lipinski definition) is 1. The number of aryl methyl sites for hydroxylation is 1. The molecule has 0 radical (unpaired) electrons. The molecule has 5 heteroatoms. The van der Waals surface area contributed by atoms with Crippen LogP contribution in [0.3, 0.4) is 0 Å². The highest BCUT2D eigenvalue weighted by atomic mass is 15.3. The monoisotopic (exact) mass is 235 g/mol. The average molecular weight is 235 g/mol. The number of aromatic nitrogens is 2. The zero-order chi connectivity index (χ0) is 12.4. The molecular weight excluding hydrogens is 214 g/mol. The maximum atomic E-state index is 5.69. The number of hydrogen-bond acceptors (Lipinski definition) is 5. The van der Waals surface area contributed by atoms with Gasteiger partial charge in [-0.05, 0) is 20.4 Å². The number of nitrogen functional groups attached to an aromatic ring is 1. The SMILES string of the molecule is CCN1CCN(c2cc(C)nc(N)n2)CC1C. The fourth-order valence-corrected chi connectivity index (χ4v) is 2.41. The van der Waals surface area contributed by atoms with E-state index in [0.717, 1.165) is 37.7 Å². The Labute approximate surface area is 103 Å². The first-order valence-electron chi connectivity index (χ1n) is 6.20. The molecule has 0 spiro atoms. The van der Waals surface area contributed by atoms with Crippen molar-refractivity contribution in [1.29, 1.82) is 0 Å². The topological polar surface area (TPSA) is 58.3 Å². The molecule has 0 amide bonds. The second-order valence-electron chi connectivity index (χ2n) is 4.65. The van der Waals surface area contributed by atoms with E-state index in [9.17, 15) is 0 Å². The van der Waals surface area contributed by atoms with Gasteiger partial charge >= 0.3 is 0 Å². The van der Waals surface area contributed by atoms with Gasteiger partial charge in [-0.2, -0.15) is 4.98 Å². The Hall–Kier alpha value is -1.36. The van der Waals surface area contributed by atoms with Gasteiger partial charge in [0.05, 0.1) is 0 Å². The fourth-order valence-electron chi connectivity index (χ4n) is 2.41. The normalized spacial score (nSPS) is 21.8. The van der Waals surface area contributed by atoms with Crippen LogP contribution in [-0.2, 0) is 0 Å². The molecule has 2 rings (SSSR count). The van der Waals surface area contributed by atoms with Gasteiger partial charge in [0.2, 0.25) is 5.95 Å². The Kier molecular flexibility index (Phi) is 3.47. The summed E-state index contributed by atoms with van der Waals surface area (Å²) in [6, 6.07) is 2.57. The standard InChI is InChI=1S/C12H21N5/c1-4-16-5-6-17(8-10(16)3)11-7-9(2)14-12(13)15-11/h7,10H,4-6,8H2,1-3H3,(H2,13,14,15). The predicted molar refractivity (Wildman–Crippen MR) is 70.1 cm³/mol. The van der Waals surface area contributed by atoms with Crippen molar-refractivity contribution >= 4 is 11.8 Å². The van der Waals surface area contributed by atoms with E-state index in [1.54, 1.807) is 0 Å². The van der Waals surface area contributed by atoms with E-state index in [-0.39, 0.29) is 0 Å². The van der Waals surface area contributed by atoms with E-state index in [1.807, 2.05) is 13.0 Å². The van der Waals surface area contributed by atoms with Gasteiger partial charge in [0.1, 0.15) is 5.82 Å².